The molecule has 3 atom stereocenters. The van der Waals surface area contributed by atoms with Crippen LogP contribution in [0.5, 0.6) is 0 Å². The largest absolute Gasteiger partial charge is 0.488 e. The van der Waals surface area contributed by atoms with Gasteiger partial charge in [-0.2, -0.15) is 0 Å². The zero-order chi connectivity index (χ0) is 22.4. The molecule has 2 aliphatic heterocycles. The van der Waals surface area contributed by atoms with Gasteiger partial charge in [0.05, 0.1) is 58.0 Å². The highest BCUT2D eigenvalue weighted by Crippen LogP contribution is 2.48. The number of epoxide rings is 2. The van der Waals surface area contributed by atoms with Gasteiger partial charge in [-0.3, -0.25) is 0 Å². The maximum atomic E-state index is 10.1. The molecule has 2 saturated carbocycles. The second-order valence-electron chi connectivity index (χ2n) is 10.8. The molecule has 32 heavy (non-hydrogen) atoms. The molecule has 4 aliphatic rings. The fraction of sp³-hybridized carbons (Fsp3) is 1.00. The molecule has 183 valence electrons. The minimum atomic E-state index is -0.634. The lowest BCUT2D eigenvalue weighted by Gasteiger charge is -2.46. The van der Waals surface area contributed by atoms with E-state index in [0.717, 1.165) is 44.5 Å². The minimum absolute atomic E-state index is 0.188. The van der Waals surface area contributed by atoms with E-state index in [0.29, 0.717) is 30.8 Å². The second-order valence-corrected chi connectivity index (χ2v) is 10.8. The highest BCUT2D eigenvalue weighted by molar-refractivity contribution is 6.17. The second kappa shape index (κ2) is 12.0. The average Bonchev–Trinajstić information content (AvgIpc) is 3.72. The smallest absolute Gasteiger partial charge is 0.410 e. The van der Waals surface area contributed by atoms with E-state index >= 15 is 0 Å². The van der Waals surface area contributed by atoms with E-state index in [2.05, 4.69) is 13.8 Å². The van der Waals surface area contributed by atoms with Crippen LogP contribution < -0.4 is 0 Å². The molecule has 4 rings (SSSR count). The molecule has 2 heterocycles. The highest BCUT2D eigenvalue weighted by atomic mass is 16.6. The van der Waals surface area contributed by atoms with Crippen LogP contribution in [0.3, 0.4) is 0 Å². The van der Waals surface area contributed by atoms with Crippen molar-refractivity contribution in [3.63, 3.8) is 0 Å². The Labute approximate surface area is 194 Å². The summed E-state index contributed by atoms with van der Waals surface area (Å²) in [5.74, 6) is 1.53. The fourth-order valence-corrected chi connectivity index (χ4v) is 5.49. The maximum Gasteiger partial charge on any atom is 0.488 e. The zero-order valence-electron chi connectivity index (χ0n) is 19.9. The van der Waals surface area contributed by atoms with Crippen LogP contribution in [0.25, 0.3) is 0 Å². The fourth-order valence-electron chi connectivity index (χ4n) is 5.49. The Balaban J connectivity index is 1.06. The van der Waals surface area contributed by atoms with Crippen LogP contribution in [0.1, 0.15) is 65.2 Å². The van der Waals surface area contributed by atoms with Gasteiger partial charge in [0.15, 0.2) is 0 Å². The van der Waals surface area contributed by atoms with E-state index in [1.54, 1.807) is 0 Å². The SMILES string of the molecule is CC(C)(C1CCC(OCC(O)CO[B]OCC2CO2)CC1)C1CCC(OCC2CO2)CC1. The molecule has 0 aromatic carbocycles. The molecular weight excluding hydrogens is 411 g/mol. The molecule has 7 nitrogen and oxygen atoms in total. The third-order valence-corrected chi connectivity index (χ3v) is 8.01. The summed E-state index contributed by atoms with van der Waals surface area (Å²) in [7, 11) is 1.29. The van der Waals surface area contributed by atoms with Crippen molar-refractivity contribution in [3.8, 4) is 0 Å². The Bertz CT molecular complexity index is 538. The van der Waals surface area contributed by atoms with E-state index in [-0.39, 0.29) is 18.8 Å². The Kier molecular flexibility index (Phi) is 9.30. The van der Waals surface area contributed by atoms with E-state index in [9.17, 15) is 5.11 Å². The first-order chi connectivity index (χ1) is 15.5. The first-order valence-corrected chi connectivity index (χ1v) is 12.7. The Morgan fingerprint density at radius 2 is 1.31 bits per heavy atom. The van der Waals surface area contributed by atoms with Crippen LogP contribution in [-0.4, -0.2) is 83.0 Å². The van der Waals surface area contributed by atoms with Gasteiger partial charge in [0.2, 0.25) is 0 Å². The number of hydrogen-bond acceptors (Lipinski definition) is 7. The first-order valence-electron chi connectivity index (χ1n) is 12.7. The van der Waals surface area contributed by atoms with Crippen LogP contribution in [-0.2, 0) is 28.3 Å². The molecule has 4 fully saturated rings. The van der Waals surface area contributed by atoms with Gasteiger partial charge in [-0.15, -0.1) is 0 Å². The summed E-state index contributed by atoms with van der Waals surface area (Å²) in [5, 5.41) is 10.1. The molecular formula is C24H42BO7. The van der Waals surface area contributed by atoms with Crippen LogP contribution >= 0.6 is 0 Å². The van der Waals surface area contributed by atoms with Gasteiger partial charge < -0.3 is 33.4 Å². The lowest BCUT2D eigenvalue weighted by Crippen LogP contribution is -2.39. The Morgan fingerprint density at radius 3 is 1.88 bits per heavy atom. The molecule has 2 aliphatic carbocycles. The first kappa shape index (κ1) is 24.9. The molecule has 0 bridgehead atoms. The number of rotatable bonds is 14. The van der Waals surface area contributed by atoms with Crippen molar-refractivity contribution in [1.82, 2.24) is 0 Å². The van der Waals surface area contributed by atoms with E-state index in [1.807, 2.05) is 0 Å². The summed E-state index contributed by atoms with van der Waals surface area (Å²) in [5.41, 5.74) is 0.365. The van der Waals surface area contributed by atoms with Crippen molar-refractivity contribution in [1.29, 1.82) is 0 Å². The van der Waals surface area contributed by atoms with Crippen LogP contribution in [0, 0.1) is 17.3 Å². The quantitative estimate of drug-likeness (QED) is 0.246. The maximum absolute atomic E-state index is 10.1. The van der Waals surface area contributed by atoms with Crippen molar-refractivity contribution < 1.29 is 33.4 Å². The molecule has 3 unspecified atom stereocenters. The average molecular weight is 453 g/mol. The monoisotopic (exact) mass is 453 g/mol. The van der Waals surface area contributed by atoms with Crippen molar-refractivity contribution in [2.75, 3.05) is 39.6 Å². The molecule has 8 heteroatoms. The predicted octanol–water partition coefficient (Wildman–Crippen LogP) is 2.89. The van der Waals surface area contributed by atoms with Crippen molar-refractivity contribution in [2.24, 2.45) is 17.3 Å². The third kappa shape index (κ3) is 7.93. The van der Waals surface area contributed by atoms with Crippen molar-refractivity contribution >= 4 is 7.69 Å². The highest BCUT2D eigenvalue weighted by Gasteiger charge is 2.41. The standard InChI is InChI=1S/C24H42BO7/c1-24(2,18-5-9-21(10-6-18)28-13-22-14-29-22)17-3-7-20(8-4-17)27-11-19(26)12-31-25-32-16-23-15-30-23/h17-23,26H,3-16H2,1-2H3. The summed E-state index contributed by atoms with van der Waals surface area (Å²) >= 11 is 0. The zero-order valence-corrected chi connectivity index (χ0v) is 19.9. The minimum Gasteiger partial charge on any atom is -0.410 e. The molecule has 0 aromatic heterocycles. The molecule has 0 aromatic rings. The number of ether oxygens (including phenoxy) is 4. The lowest BCUT2D eigenvalue weighted by molar-refractivity contribution is -0.0599. The van der Waals surface area contributed by atoms with E-state index < -0.39 is 6.10 Å². The molecule has 2 saturated heterocycles. The number of aliphatic hydroxyl groups is 1. The normalized spacial score (nSPS) is 36.0. The van der Waals surface area contributed by atoms with Crippen LogP contribution in [0.15, 0.2) is 0 Å². The molecule has 1 radical (unpaired) electrons. The van der Waals surface area contributed by atoms with Gasteiger partial charge in [0.25, 0.3) is 0 Å². The van der Waals surface area contributed by atoms with Gasteiger partial charge in [-0.25, -0.2) is 0 Å². The van der Waals surface area contributed by atoms with E-state index in [1.165, 1.54) is 46.2 Å². The van der Waals surface area contributed by atoms with Gasteiger partial charge in [-0.05, 0) is 68.6 Å². The molecule has 0 spiro atoms. The Morgan fingerprint density at radius 1 is 0.781 bits per heavy atom. The summed E-state index contributed by atoms with van der Waals surface area (Å²) in [6, 6.07) is 0. The van der Waals surface area contributed by atoms with Gasteiger partial charge in [0.1, 0.15) is 12.2 Å². The molecule has 0 amide bonds. The summed E-state index contributed by atoms with van der Waals surface area (Å²) in [6.45, 7) is 8.41. The summed E-state index contributed by atoms with van der Waals surface area (Å²) < 4.78 is 32.8. The number of aliphatic hydroxyl groups excluding tert-OH is 1. The van der Waals surface area contributed by atoms with E-state index in [4.69, 9.17) is 28.3 Å². The van der Waals surface area contributed by atoms with Crippen LogP contribution in [0.2, 0.25) is 0 Å². The number of hydrogen-bond donors (Lipinski definition) is 1. The van der Waals surface area contributed by atoms with Crippen LogP contribution in [0.4, 0.5) is 0 Å². The lowest BCUT2D eigenvalue weighted by atomic mass is 9.60. The topological polar surface area (TPSA) is 82.2 Å². The van der Waals surface area contributed by atoms with Gasteiger partial charge in [-0.1, -0.05) is 13.8 Å². The summed E-state index contributed by atoms with van der Waals surface area (Å²) in [4.78, 5) is 0. The van der Waals surface area contributed by atoms with Gasteiger partial charge in [0, 0.05) is 0 Å². The molecule has 1 N–H and O–H groups in total. The predicted molar refractivity (Wildman–Crippen MR) is 120 cm³/mol. The Hall–Kier alpha value is -0.215. The summed E-state index contributed by atoms with van der Waals surface area (Å²) in [6.07, 6.45) is 10.2. The van der Waals surface area contributed by atoms with Crippen molar-refractivity contribution in [3.05, 3.63) is 0 Å². The van der Waals surface area contributed by atoms with Gasteiger partial charge >= 0.3 is 7.69 Å². The third-order valence-electron chi connectivity index (χ3n) is 8.01. The van der Waals surface area contributed by atoms with Crippen molar-refractivity contribution in [2.45, 2.75) is 95.7 Å².